The van der Waals surface area contributed by atoms with E-state index in [-0.39, 0.29) is 40.0 Å². The lowest BCUT2D eigenvalue weighted by molar-refractivity contribution is -0.148. The number of sulfonamides is 1. The summed E-state index contributed by atoms with van der Waals surface area (Å²) in [6, 6.07) is 6.74. The van der Waals surface area contributed by atoms with Crippen molar-refractivity contribution in [2.75, 3.05) is 0 Å². The van der Waals surface area contributed by atoms with Gasteiger partial charge in [0.05, 0.1) is 4.90 Å². The van der Waals surface area contributed by atoms with Gasteiger partial charge in [-0.05, 0) is 86.8 Å². The standard InChI is InChI=1S/C25H37N3O4S/c1-23(2,3)18-6-8-19(9-7-18)33(31,32)28-24(4,5)22(30)27-20-16-10-15-11-17(20)14-25(12-15,13-16)21(26)29/h6-9,15-17,20,28H,10-14H2,1-5H3,(H2,26,29)(H,27,30). The Balaban J connectivity index is 1.46. The highest BCUT2D eigenvalue weighted by Crippen LogP contribution is 2.59. The first-order valence-electron chi connectivity index (χ1n) is 11.9. The smallest absolute Gasteiger partial charge is 0.241 e. The zero-order valence-electron chi connectivity index (χ0n) is 20.3. The van der Waals surface area contributed by atoms with Crippen LogP contribution in [0.5, 0.6) is 0 Å². The van der Waals surface area contributed by atoms with E-state index < -0.39 is 21.0 Å². The van der Waals surface area contributed by atoms with Crippen molar-refractivity contribution in [2.24, 2.45) is 28.9 Å². The van der Waals surface area contributed by atoms with E-state index in [1.807, 2.05) is 12.1 Å². The molecule has 0 radical (unpaired) electrons. The molecule has 0 aliphatic heterocycles. The van der Waals surface area contributed by atoms with Crippen LogP contribution in [-0.2, 0) is 25.0 Å². The van der Waals surface area contributed by atoms with Gasteiger partial charge in [0.2, 0.25) is 21.8 Å². The number of rotatable bonds is 6. The van der Waals surface area contributed by atoms with Crippen molar-refractivity contribution in [2.45, 2.75) is 88.6 Å². The molecule has 0 saturated heterocycles. The highest BCUT2D eigenvalue weighted by molar-refractivity contribution is 7.89. The van der Waals surface area contributed by atoms with Crippen LogP contribution in [-0.4, -0.2) is 31.8 Å². The first-order valence-corrected chi connectivity index (χ1v) is 13.4. The molecule has 4 N–H and O–H groups in total. The fourth-order valence-corrected chi connectivity index (χ4v) is 7.85. The van der Waals surface area contributed by atoms with Gasteiger partial charge in [-0.2, -0.15) is 4.72 Å². The summed E-state index contributed by atoms with van der Waals surface area (Å²) in [7, 11) is -3.88. The lowest BCUT2D eigenvalue weighted by Crippen LogP contribution is -2.65. The van der Waals surface area contributed by atoms with Gasteiger partial charge in [-0.3, -0.25) is 9.59 Å². The van der Waals surface area contributed by atoms with Crippen molar-refractivity contribution in [3.8, 4) is 0 Å². The Kier molecular flexibility index (Phi) is 5.72. The van der Waals surface area contributed by atoms with Crippen LogP contribution in [0.2, 0.25) is 0 Å². The van der Waals surface area contributed by atoms with Crippen LogP contribution < -0.4 is 15.8 Å². The zero-order chi connectivity index (χ0) is 24.4. The third-order valence-electron chi connectivity index (χ3n) is 8.08. The van der Waals surface area contributed by atoms with Gasteiger partial charge in [-0.25, -0.2) is 8.42 Å². The van der Waals surface area contributed by atoms with Gasteiger partial charge < -0.3 is 11.1 Å². The van der Waals surface area contributed by atoms with Gasteiger partial charge >= 0.3 is 0 Å². The summed E-state index contributed by atoms with van der Waals surface area (Å²) in [5, 5.41) is 3.14. The highest BCUT2D eigenvalue weighted by atomic mass is 32.2. The molecule has 2 amide bonds. The molecule has 5 rings (SSSR count). The number of nitrogens with one attached hydrogen (secondary N) is 2. The van der Waals surface area contributed by atoms with Crippen LogP contribution in [0.15, 0.2) is 29.2 Å². The van der Waals surface area contributed by atoms with E-state index in [0.29, 0.717) is 18.8 Å². The number of amides is 2. The molecule has 1 aromatic rings. The normalized spacial score (nSPS) is 31.4. The predicted molar refractivity (Wildman–Crippen MR) is 127 cm³/mol. The minimum absolute atomic E-state index is 0.0450. The lowest BCUT2D eigenvalue weighted by atomic mass is 9.47. The molecule has 182 valence electrons. The number of carbonyl (C=O) groups excluding carboxylic acids is 2. The molecule has 2 atom stereocenters. The first kappa shape index (κ1) is 24.2. The summed E-state index contributed by atoms with van der Waals surface area (Å²) in [5.74, 6) is 0.362. The molecular weight excluding hydrogens is 438 g/mol. The third-order valence-corrected chi connectivity index (χ3v) is 9.75. The van der Waals surface area contributed by atoms with E-state index in [0.717, 1.165) is 24.8 Å². The molecule has 4 saturated carbocycles. The molecule has 33 heavy (non-hydrogen) atoms. The Hall–Kier alpha value is -1.93. The molecule has 0 spiro atoms. The third kappa shape index (κ3) is 4.44. The Bertz CT molecular complexity index is 1040. The largest absolute Gasteiger partial charge is 0.369 e. The van der Waals surface area contributed by atoms with Gasteiger partial charge in [0.1, 0.15) is 5.54 Å². The molecule has 7 nitrogen and oxygen atoms in total. The van der Waals surface area contributed by atoms with Crippen LogP contribution in [0.25, 0.3) is 0 Å². The fraction of sp³-hybridized carbons (Fsp3) is 0.680. The van der Waals surface area contributed by atoms with Crippen molar-refractivity contribution in [1.82, 2.24) is 10.0 Å². The second kappa shape index (κ2) is 7.80. The SMILES string of the molecule is CC(C)(NS(=O)(=O)c1ccc(C(C)(C)C)cc1)C(=O)NC1C2CC3CC1CC(C(N)=O)(C3)C2. The summed E-state index contributed by atoms with van der Waals surface area (Å²) in [4.78, 5) is 25.5. The van der Waals surface area contributed by atoms with E-state index in [2.05, 4.69) is 30.8 Å². The Morgan fingerprint density at radius 3 is 2.00 bits per heavy atom. The van der Waals surface area contributed by atoms with Gasteiger partial charge in [-0.1, -0.05) is 32.9 Å². The van der Waals surface area contributed by atoms with Gasteiger partial charge in [0, 0.05) is 11.5 Å². The maximum absolute atomic E-state index is 13.2. The van der Waals surface area contributed by atoms with Crippen LogP contribution >= 0.6 is 0 Å². The molecular formula is C25H37N3O4S. The average molecular weight is 476 g/mol. The fourth-order valence-electron chi connectivity index (χ4n) is 6.47. The van der Waals surface area contributed by atoms with Gasteiger partial charge in [-0.15, -0.1) is 0 Å². The van der Waals surface area contributed by atoms with E-state index in [4.69, 9.17) is 5.73 Å². The van der Waals surface area contributed by atoms with E-state index >= 15 is 0 Å². The molecule has 4 bridgehead atoms. The molecule has 4 aliphatic carbocycles. The summed E-state index contributed by atoms with van der Waals surface area (Å²) in [6.45, 7) is 9.38. The van der Waals surface area contributed by atoms with Crippen LogP contribution in [0.3, 0.4) is 0 Å². The van der Waals surface area contributed by atoms with Crippen LogP contribution in [0.4, 0.5) is 0 Å². The topological polar surface area (TPSA) is 118 Å². The summed E-state index contributed by atoms with van der Waals surface area (Å²) < 4.78 is 28.6. The molecule has 2 unspecified atom stereocenters. The van der Waals surface area contributed by atoms with Crippen molar-refractivity contribution in [1.29, 1.82) is 0 Å². The second-order valence-corrected chi connectivity index (χ2v) is 13.8. The van der Waals surface area contributed by atoms with Crippen molar-refractivity contribution in [3.05, 3.63) is 29.8 Å². The van der Waals surface area contributed by atoms with Gasteiger partial charge in [0.15, 0.2) is 0 Å². The molecule has 1 aromatic carbocycles. The first-order chi connectivity index (χ1) is 15.1. The van der Waals surface area contributed by atoms with Crippen molar-refractivity contribution in [3.63, 3.8) is 0 Å². The molecule has 0 aromatic heterocycles. The van der Waals surface area contributed by atoms with Crippen molar-refractivity contribution < 1.29 is 18.0 Å². The minimum atomic E-state index is -3.88. The van der Waals surface area contributed by atoms with Crippen molar-refractivity contribution >= 4 is 21.8 Å². The van der Waals surface area contributed by atoms with Crippen LogP contribution in [0.1, 0.15) is 72.3 Å². The Morgan fingerprint density at radius 2 is 1.52 bits per heavy atom. The highest BCUT2D eigenvalue weighted by Gasteiger charge is 2.58. The summed E-state index contributed by atoms with van der Waals surface area (Å²) in [6.07, 6.45) is 4.28. The Labute approximate surface area is 197 Å². The predicted octanol–water partition coefficient (Wildman–Crippen LogP) is 2.84. The number of hydrogen-bond donors (Lipinski definition) is 3. The molecule has 0 heterocycles. The number of carbonyl (C=O) groups is 2. The summed E-state index contributed by atoms with van der Waals surface area (Å²) in [5.41, 5.74) is 4.97. The maximum atomic E-state index is 13.2. The molecule has 4 aliphatic rings. The number of primary amides is 1. The average Bonchev–Trinajstić information content (AvgIpc) is 2.68. The monoisotopic (exact) mass is 475 g/mol. The molecule has 8 heteroatoms. The van der Waals surface area contributed by atoms with E-state index in [9.17, 15) is 18.0 Å². The number of nitrogens with two attached hydrogens (primary N) is 1. The summed E-state index contributed by atoms with van der Waals surface area (Å²) >= 11 is 0. The van der Waals surface area contributed by atoms with E-state index in [1.165, 1.54) is 0 Å². The number of benzene rings is 1. The van der Waals surface area contributed by atoms with Gasteiger partial charge in [0.25, 0.3) is 0 Å². The number of hydrogen-bond acceptors (Lipinski definition) is 4. The van der Waals surface area contributed by atoms with Crippen LogP contribution in [0, 0.1) is 23.2 Å². The minimum Gasteiger partial charge on any atom is -0.369 e. The Morgan fingerprint density at radius 1 is 0.970 bits per heavy atom. The lowest BCUT2D eigenvalue weighted by Gasteiger charge is -2.59. The maximum Gasteiger partial charge on any atom is 0.241 e. The van der Waals surface area contributed by atoms with E-state index in [1.54, 1.807) is 26.0 Å². The quantitative estimate of drug-likeness (QED) is 0.586. The zero-order valence-corrected chi connectivity index (χ0v) is 21.1. The second-order valence-electron chi connectivity index (χ2n) is 12.1. The molecule has 4 fully saturated rings.